The molecule has 0 aliphatic carbocycles. The van der Waals surface area contributed by atoms with Gasteiger partial charge in [-0.2, -0.15) is 0 Å². The van der Waals surface area contributed by atoms with Gasteiger partial charge in [0, 0.05) is 10.5 Å². The van der Waals surface area contributed by atoms with E-state index < -0.39 is 0 Å². The molecule has 0 saturated heterocycles. The van der Waals surface area contributed by atoms with Crippen molar-refractivity contribution in [2.75, 3.05) is 7.11 Å². The Morgan fingerprint density at radius 2 is 1.91 bits per heavy atom. The van der Waals surface area contributed by atoms with Crippen LogP contribution in [-0.4, -0.2) is 7.11 Å². The molecule has 0 unspecified atom stereocenters. The van der Waals surface area contributed by atoms with E-state index >= 15 is 0 Å². The second-order valence-electron chi connectivity index (χ2n) is 2.56. The number of methoxy groups -OCH3 is 1. The van der Waals surface area contributed by atoms with Crippen molar-refractivity contribution in [1.82, 2.24) is 0 Å². The lowest BCUT2D eigenvalue weighted by Gasteiger charge is -2.09. The zero-order chi connectivity index (χ0) is 8.43. The minimum Gasteiger partial charge on any atom is -0.496 e. The lowest BCUT2D eigenvalue weighted by molar-refractivity contribution is 0.407. The van der Waals surface area contributed by atoms with Gasteiger partial charge >= 0.3 is 0 Å². The second-order valence-corrected chi connectivity index (χ2v) is 3.04. The van der Waals surface area contributed by atoms with Gasteiger partial charge in [-0.15, -0.1) is 12.6 Å². The third-order valence-electron chi connectivity index (χ3n) is 1.78. The number of hydrogen-bond donors (Lipinski definition) is 1. The Bertz CT molecular complexity index is 269. The van der Waals surface area contributed by atoms with Gasteiger partial charge in [-0.3, -0.25) is 0 Å². The Kier molecular flexibility index (Phi) is 2.45. The smallest absolute Gasteiger partial charge is 0.125 e. The first-order valence-electron chi connectivity index (χ1n) is 3.50. The molecule has 0 aliphatic heterocycles. The van der Waals surface area contributed by atoms with Crippen LogP contribution < -0.4 is 4.74 Å². The molecule has 0 spiro atoms. The number of benzene rings is 1. The maximum Gasteiger partial charge on any atom is 0.125 e. The molecule has 2 heteroatoms. The molecule has 0 atom stereocenters. The SMILES string of the molecule is COc1c(C)ccc(S)c1C. The molecule has 0 heterocycles. The van der Waals surface area contributed by atoms with Crippen molar-refractivity contribution in [3.05, 3.63) is 23.3 Å². The summed E-state index contributed by atoms with van der Waals surface area (Å²) < 4.78 is 5.21. The first-order valence-corrected chi connectivity index (χ1v) is 3.94. The van der Waals surface area contributed by atoms with Crippen molar-refractivity contribution in [1.29, 1.82) is 0 Å². The molecule has 1 aromatic rings. The maximum absolute atomic E-state index is 5.21. The summed E-state index contributed by atoms with van der Waals surface area (Å²) >= 11 is 4.29. The average Bonchev–Trinajstić information content (AvgIpc) is 1.99. The number of ether oxygens (including phenoxy) is 1. The van der Waals surface area contributed by atoms with E-state index in [1.807, 2.05) is 26.0 Å². The average molecular weight is 168 g/mol. The van der Waals surface area contributed by atoms with Gasteiger partial charge in [0.1, 0.15) is 5.75 Å². The standard InChI is InChI=1S/C9H12OS/c1-6-4-5-8(11)7(2)9(6)10-3/h4-5,11H,1-3H3. The Morgan fingerprint density at radius 1 is 1.27 bits per heavy atom. The third kappa shape index (κ3) is 1.51. The predicted octanol–water partition coefficient (Wildman–Crippen LogP) is 2.60. The van der Waals surface area contributed by atoms with E-state index in [1.165, 1.54) is 0 Å². The van der Waals surface area contributed by atoms with Crippen molar-refractivity contribution in [3.63, 3.8) is 0 Å². The molecule has 0 amide bonds. The predicted molar refractivity (Wildman–Crippen MR) is 49.7 cm³/mol. The van der Waals surface area contributed by atoms with Gasteiger partial charge in [0.05, 0.1) is 7.11 Å². The van der Waals surface area contributed by atoms with Gasteiger partial charge in [0.2, 0.25) is 0 Å². The highest BCUT2D eigenvalue weighted by Crippen LogP contribution is 2.27. The fraction of sp³-hybridized carbons (Fsp3) is 0.333. The molecule has 11 heavy (non-hydrogen) atoms. The molecule has 0 saturated carbocycles. The lowest BCUT2D eigenvalue weighted by atomic mass is 10.1. The summed E-state index contributed by atoms with van der Waals surface area (Å²) in [5, 5.41) is 0. The number of thiol groups is 1. The summed E-state index contributed by atoms with van der Waals surface area (Å²) in [7, 11) is 1.68. The molecule has 0 N–H and O–H groups in total. The van der Waals surface area contributed by atoms with E-state index in [0.29, 0.717) is 0 Å². The minimum absolute atomic E-state index is 0.942. The van der Waals surface area contributed by atoms with E-state index in [4.69, 9.17) is 4.74 Å². The molecule has 1 aromatic carbocycles. The molecule has 0 aromatic heterocycles. The number of hydrogen-bond acceptors (Lipinski definition) is 2. The van der Waals surface area contributed by atoms with Gasteiger partial charge in [-0.1, -0.05) is 6.07 Å². The van der Waals surface area contributed by atoms with Crippen molar-refractivity contribution in [2.45, 2.75) is 18.7 Å². The van der Waals surface area contributed by atoms with Gasteiger partial charge < -0.3 is 4.74 Å². The van der Waals surface area contributed by atoms with Crippen LogP contribution in [0.15, 0.2) is 17.0 Å². The lowest BCUT2D eigenvalue weighted by Crippen LogP contribution is -1.91. The van der Waals surface area contributed by atoms with E-state index in [-0.39, 0.29) is 0 Å². The van der Waals surface area contributed by atoms with Crippen LogP contribution in [0.25, 0.3) is 0 Å². The van der Waals surface area contributed by atoms with Crippen molar-refractivity contribution in [2.24, 2.45) is 0 Å². The molecule has 1 nitrogen and oxygen atoms in total. The summed E-state index contributed by atoms with van der Waals surface area (Å²) in [6.07, 6.45) is 0. The maximum atomic E-state index is 5.21. The normalized spacial score (nSPS) is 9.82. The van der Waals surface area contributed by atoms with Crippen LogP contribution in [0.1, 0.15) is 11.1 Å². The van der Waals surface area contributed by atoms with E-state index in [1.54, 1.807) is 7.11 Å². The molecule has 0 fully saturated rings. The molecular weight excluding hydrogens is 156 g/mol. The van der Waals surface area contributed by atoms with Crippen LogP contribution in [0.4, 0.5) is 0 Å². The Labute approximate surface area is 72.8 Å². The Morgan fingerprint density at radius 3 is 2.36 bits per heavy atom. The first-order chi connectivity index (χ1) is 5.16. The minimum atomic E-state index is 0.942. The first kappa shape index (κ1) is 8.47. The van der Waals surface area contributed by atoms with Crippen LogP contribution in [-0.2, 0) is 0 Å². The summed E-state index contributed by atoms with van der Waals surface area (Å²) in [6, 6.07) is 3.99. The molecule has 60 valence electrons. The van der Waals surface area contributed by atoms with Gasteiger partial charge in [-0.05, 0) is 25.5 Å². The monoisotopic (exact) mass is 168 g/mol. The summed E-state index contributed by atoms with van der Waals surface area (Å²) in [5.74, 6) is 0.942. The Balaban J connectivity index is 3.29. The fourth-order valence-electron chi connectivity index (χ4n) is 1.13. The van der Waals surface area contributed by atoms with E-state index in [9.17, 15) is 0 Å². The van der Waals surface area contributed by atoms with Crippen LogP contribution in [0.5, 0.6) is 5.75 Å². The Hall–Kier alpha value is -0.630. The quantitative estimate of drug-likeness (QED) is 0.634. The highest BCUT2D eigenvalue weighted by atomic mass is 32.1. The van der Waals surface area contributed by atoms with Crippen molar-refractivity contribution < 1.29 is 4.74 Å². The summed E-state index contributed by atoms with van der Waals surface area (Å²) in [6.45, 7) is 4.03. The van der Waals surface area contributed by atoms with Gasteiger partial charge in [0.15, 0.2) is 0 Å². The molecule has 0 bridgehead atoms. The van der Waals surface area contributed by atoms with Crippen molar-refractivity contribution >= 4 is 12.6 Å². The van der Waals surface area contributed by atoms with E-state index in [2.05, 4.69) is 12.6 Å². The zero-order valence-corrected chi connectivity index (χ0v) is 7.90. The molecule has 0 aliphatic rings. The summed E-state index contributed by atoms with van der Waals surface area (Å²) in [5.41, 5.74) is 2.26. The molecule has 0 radical (unpaired) electrons. The van der Waals surface area contributed by atoms with Crippen LogP contribution in [0.3, 0.4) is 0 Å². The topological polar surface area (TPSA) is 9.23 Å². The highest BCUT2D eigenvalue weighted by molar-refractivity contribution is 7.80. The van der Waals surface area contributed by atoms with Crippen molar-refractivity contribution in [3.8, 4) is 5.75 Å². The third-order valence-corrected chi connectivity index (χ3v) is 2.26. The highest BCUT2D eigenvalue weighted by Gasteiger charge is 2.03. The van der Waals surface area contributed by atoms with Crippen LogP contribution in [0.2, 0.25) is 0 Å². The second kappa shape index (κ2) is 3.18. The van der Waals surface area contributed by atoms with Crippen LogP contribution >= 0.6 is 12.6 Å². The molecule has 1 rings (SSSR count). The number of rotatable bonds is 1. The van der Waals surface area contributed by atoms with Gasteiger partial charge in [0.25, 0.3) is 0 Å². The summed E-state index contributed by atoms with van der Waals surface area (Å²) in [4.78, 5) is 0.979. The fourth-order valence-corrected chi connectivity index (χ4v) is 1.31. The number of aryl methyl sites for hydroxylation is 1. The van der Waals surface area contributed by atoms with E-state index in [0.717, 1.165) is 21.8 Å². The van der Waals surface area contributed by atoms with Gasteiger partial charge in [-0.25, -0.2) is 0 Å². The molecular formula is C9H12OS. The zero-order valence-electron chi connectivity index (χ0n) is 7.01. The van der Waals surface area contributed by atoms with Crippen LogP contribution in [0, 0.1) is 13.8 Å². The largest absolute Gasteiger partial charge is 0.496 e.